The predicted molar refractivity (Wildman–Crippen MR) is 80.1 cm³/mol. The number of rotatable bonds is 2. The normalized spacial score (nSPS) is 17.1. The Labute approximate surface area is 126 Å². The first-order valence-electron chi connectivity index (χ1n) is 6.42. The van der Waals surface area contributed by atoms with E-state index < -0.39 is 0 Å². The Morgan fingerprint density at radius 2 is 2.15 bits per heavy atom. The van der Waals surface area contributed by atoms with Crippen molar-refractivity contribution in [3.05, 3.63) is 57.1 Å². The molecule has 0 amide bonds. The summed E-state index contributed by atoms with van der Waals surface area (Å²) in [5.74, 6) is -0.135. The van der Waals surface area contributed by atoms with Gasteiger partial charge in [-0.2, -0.15) is 0 Å². The number of benzene rings is 1. The fraction of sp³-hybridized carbons (Fsp3) is 0.267. The molecule has 0 saturated heterocycles. The van der Waals surface area contributed by atoms with Crippen molar-refractivity contribution in [3.63, 3.8) is 0 Å². The topological polar surface area (TPSA) is 24.9 Å². The molecule has 1 N–H and O–H groups in total. The highest BCUT2D eigenvalue weighted by atomic mass is 35.5. The van der Waals surface area contributed by atoms with Gasteiger partial charge in [0, 0.05) is 0 Å². The zero-order chi connectivity index (χ0) is 14.3. The van der Waals surface area contributed by atoms with E-state index in [0.29, 0.717) is 10.3 Å². The molecule has 1 aliphatic rings. The number of anilines is 1. The van der Waals surface area contributed by atoms with Gasteiger partial charge >= 0.3 is 0 Å². The number of hydrogen-bond acceptors (Lipinski definition) is 2. The summed E-state index contributed by atoms with van der Waals surface area (Å²) in [6.45, 7) is 1.92. The molecule has 104 valence electrons. The lowest BCUT2D eigenvalue weighted by molar-refractivity contribution is 0.612. The van der Waals surface area contributed by atoms with Crippen LogP contribution >= 0.6 is 23.2 Å². The van der Waals surface area contributed by atoms with Gasteiger partial charge in [0.25, 0.3) is 0 Å². The van der Waals surface area contributed by atoms with E-state index in [9.17, 15) is 4.39 Å². The molecule has 20 heavy (non-hydrogen) atoms. The Balaban J connectivity index is 1.94. The summed E-state index contributed by atoms with van der Waals surface area (Å²) in [4.78, 5) is 4.04. The van der Waals surface area contributed by atoms with E-state index in [1.165, 1.54) is 6.07 Å². The highest BCUT2D eigenvalue weighted by molar-refractivity contribution is 6.34. The molecule has 5 heteroatoms. The molecule has 0 fully saturated rings. The number of fused-ring (bicyclic) bond motifs is 1. The van der Waals surface area contributed by atoms with Gasteiger partial charge in [-0.3, -0.25) is 0 Å². The van der Waals surface area contributed by atoms with Crippen LogP contribution in [0.2, 0.25) is 10.3 Å². The second-order valence-electron chi connectivity index (χ2n) is 4.97. The lowest BCUT2D eigenvalue weighted by Gasteiger charge is -2.18. The first-order valence-corrected chi connectivity index (χ1v) is 7.18. The molecule has 1 aromatic carbocycles. The Morgan fingerprint density at radius 3 is 2.90 bits per heavy atom. The minimum absolute atomic E-state index is 0.0554. The average Bonchev–Trinajstić information content (AvgIpc) is 2.78. The lowest BCUT2D eigenvalue weighted by atomic mass is 10.1. The van der Waals surface area contributed by atoms with Crippen LogP contribution in [0.5, 0.6) is 0 Å². The smallest absolute Gasteiger partial charge is 0.154 e. The summed E-state index contributed by atoms with van der Waals surface area (Å²) in [7, 11) is 0. The summed E-state index contributed by atoms with van der Waals surface area (Å²) >= 11 is 12.0. The van der Waals surface area contributed by atoms with E-state index in [-0.39, 0.29) is 11.9 Å². The van der Waals surface area contributed by atoms with Crippen molar-refractivity contribution in [2.24, 2.45) is 0 Å². The van der Waals surface area contributed by atoms with Crippen LogP contribution in [-0.2, 0) is 6.42 Å². The molecule has 0 spiro atoms. The van der Waals surface area contributed by atoms with Crippen LogP contribution in [0, 0.1) is 12.7 Å². The fourth-order valence-corrected chi connectivity index (χ4v) is 3.29. The summed E-state index contributed by atoms with van der Waals surface area (Å²) in [5, 5.41) is 4.09. The van der Waals surface area contributed by atoms with Crippen molar-refractivity contribution in [1.29, 1.82) is 0 Å². The van der Waals surface area contributed by atoms with E-state index >= 15 is 0 Å². The molecule has 1 unspecified atom stereocenters. The number of halogens is 3. The van der Waals surface area contributed by atoms with Crippen LogP contribution in [0.1, 0.15) is 29.2 Å². The molecule has 1 aromatic heterocycles. The van der Waals surface area contributed by atoms with Crippen LogP contribution in [-0.4, -0.2) is 4.98 Å². The SMILES string of the molecule is Cc1cc(Cl)nc(Cl)c1NC1CCc2c(F)cccc21. The average molecular weight is 311 g/mol. The van der Waals surface area contributed by atoms with E-state index in [4.69, 9.17) is 23.2 Å². The minimum Gasteiger partial charge on any atom is -0.376 e. The Bertz CT molecular complexity index is 650. The molecule has 0 aliphatic heterocycles. The minimum atomic E-state index is -0.135. The second kappa shape index (κ2) is 5.23. The summed E-state index contributed by atoms with van der Waals surface area (Å²) in [6.07, 6.45) is 1.58. The van der Waals surface area contributed by atoms with Crippen molar-refractivity contribution in [1.82, 2.24) is 4.98 Å². The molecular weight excluding hydrogens is 298 g/mol. The van der Waals surface area contributed by atoms with Crippen molar-refractivity contribution in [2.75, 3.05) is 5.32 Å². The number of nitrogens with zero attached hydrogens (tertiary/aromatic N) is 1. The second-order valence-corrected chi connectivity index (χ2v) is 5.72. The van der Waals surface area contributed by atoms with Gasteiger partial charge in [0.05, 0.1) is 11.7 Å². The predicted octanol–water partition coefficient (Wildman–Crippen LogP) is 4.94. The van der Waals surface area contributed by atoms with Crippen molar-refractivity contribution in [3.8, 4) is 0 Å². The van der Waals surface area contributed by atoms with Crippen molar-refractivity contribution >= 4 is 28.9 Å². The van der Waals surface area contributed by atoms with Crippen LogP contribution in [0.15, 0.2) is 24.3 Å². The van der Waals surface area contributed by atoms with E-state index in [2.05, 4.69) is 10.3 Å². The maximum Gasteiger partial charge on any atom is 0.154 e. The molecule has 2 nitrogen and oxygen atoms in total. The number of aromatic nitrogens is 1. The van der Waals surface area contributed by atoms with Gasteiger partial charge in [0.15, 0.2) is 5.15 Å². The molecule has 1 aliphatic carbocycles. The van der Waals surface area contributed by atoms with Crippen LogP contribution in [0.25, 0.3) is 0 Å². The molecule has 0 bridgehead atoms. The quantitative estimate of drug-likeness (QED) is 0.795. The third-order valence-electron chi connectivity index (χ3n) is 3.67. The Hall–Kier alpha value is -1.32. The summed E-state index contributed by atoms with van der Waals surface area (Å²) in [6, 6.07) is 7.01. The third-order valence-corrected chi connectivity index (χ3v) is 4.14. The van der Waals surface area contributed by atoms with Gasteiger partial charge in [-0.25, -0.2) is 9.37 Å². The van der Waals surface area contributed by atoms with Gasteiger partial charge in [0.1, 0.15) is 11.0 Å². The molecule has 3 rings (SSSR count). The van der Waals surface area contributed by atoms with E-state index in [0.717, 1.165) is 35.2 Å². The first kappa shape index (κ1) is 13.7. The maximum atomic E-state index is 13.7. The Morgan fingerprint density at radius 1 is 1.35 bits per heavy atom. The van der Waals surface area contributed by atoms with Crippen LogP contribution < -0.4 is 5.32 Å². The van der Waals surface area contributed by atoms with Gasteiger partial charge in [-0.05, 0) is 48.6 Å². The highest BCUT2D eigenvalue weighted by Gasteiger charge is 2.25. The summed E-state index contributed by atoms with van der Waals surface area (Å²) < 4.78 is 13.7. The van der Waals surface area contributed by atoms with Gasteiger partial charge in [-0.1, -0.05) is 35.3 Å². The highest BCUT2D eigenvalue weighted by Crippen LogP contribution is 2.37. The Kier molecular flexibility index (Phi) is 3.57. The molecule has 0 saturated carbocycles. The molecular formula is C15H13Cl2FN2. The number of pyridine rings is 1. The van der Waals surface area contributed by atoms with Crippen LogP contribution in [0.4, 0.5) is 10.1 Å². The van der Waals surface area contributed by atoms with E-state index in [1.807, 2.05) is 13.0 Å². The lowest BCUT2D eigenvalue weighted by Crippen LogP contribution is -2.09. The van der Waals surface area contributed by atoms with Gasteiger partial charge < -0.3 is 5.32 Å². The molecule has 0 radical (unpaired) electrons. The zero-order valence-electron chi connectivity index (χ0n) is 10.9. The number of aryl methyl sites for hydroxylation is 1. The van der Waals surface area contributed by atoms with Gasteiger partial charge in [-0.15, -0.1) is 0 Å². The van der Waals surface area contributed by atoms with E-state index in [1.54, 1.807) is 12.1 Å². The fourth-order valence-electron chi connectivity index (χ4n) is 2.70. The zero-order valence-corrected chi connectivity index (χ0v) is 12.4. The standard InChI is InChI=1S/C15H13Cl2FN2/c1-8-7-13(16)20-15(17)14(8)19-12-6-5-9-10(12)3-2-4-11(9)18/h2-4,7,12,19H,5-6H2,1H3. The van der Waals surface area contributed by atoms with Crippen LogP contribution in [0.3, 0.4) is 0 Å². The van der Waals surface area contributed by atoms with Crippen molar-refractivity contribution < 1.29 is 4.39 Å². The molecule has 1 heterocycles. The van der Waals surface area contributed by atoms with Gasteiger partial charge in [0.2, 0.25) is 0 Å². The maximum absolute atomic E-state index is 13.7. The largest absolute Gasteiger partial charge is 0.376 e. The molecule has 1 atom stereocenters. The molecule has 2 aromatic rings. The number of hydrogen-bond donors (Lipinski definition) is 1. The number of nitrogens with one attached hydrogen (secondary N) is 1. The summed E-state index contributed by atoms with van der Waals surface area (Å²) in [5.41, 5.74) is 3.48. The van der Waals surface area contributed by atoms with Crippen molar-refractivity contribution in [2.45, 2.75) is 25.8 Å². The first-order chi connectivity index (χ1) is 9.56. The third kappa shape index (κ3) is 2.36. The monoisotopic (exact) mass is 310 g/mol.